The molecule has 2 saturated heterocycles. The first kappa shape index (κ1) is 26.5. The Morgan fingerprint density at radius 1 is 0.974 bits per heavy atom. The summed E-state index contributed by atoms with van der Waals surface area (Å²) in [5, 5.41) is 11.6. The molecular formula is C33H36N2O4. The van der Waals surface area contributed by atoms with Crippen molar-refractivity contribution in [1.82, 2.24) is 0 Å². The van der Waals surface area contributed by atoms with Gasteiger partial charge in [-0.25, -0.2) is 0 Å². The van der Waals surface area contributed by atoms with Gasteiger partial charge in [0.15, 0.2) is 0 Å². The van der Waals surface area contributed by atoms with Crippen molar-refractivity contribution in [2.75, 3.05) is 29.5 Å². The molecule has 5 rings (SSSR count). The quantitative estimate of drug-likeness (QED) is 0.210. The number of aliphatic hydroxyl groups excluding tert-OH is 1. The van der Waals surface area contributed by atoms with E-state index in [0.29, 0.717) is 17.9 Å². The molecule has 0 saturated carbocycles. The van der Waals surface area contributed by atoms with Gasteiger partial charge in [0.2, 0.25) is 0 Å². The van der Waals surface area contributed by atoms with Crippen LogP contribution < -0.4 is 14.5 Å². The minimum absolute atomic E-state index is 0.0908. The lowest BCUT2D eigenvalue weighted by molar-refractivity contribution is -0.132. The molecule has 3 aromatic rings. The molecule has 0 aromatic heterocycles. The second-order valence-corrected chi connectivity index (χ2v) is 10.6. The molecule has 0 radical (unpaired) electrons. The van der Waals surface area contributed by atoms with Crippen molar-refractivity contribution in [2.45, 2.75) is 52.5 Å². The molecule has 0 aliphatic carbocycles. The Hall–Kier alpha value is -4.06. The standard InChI is InChI=1S/C33H36N2O4/c1-5-39-28-16-11-24(20-27(28)21(2)3)31(36)29-30(23-10-8-9-22(4)19-23)35(33(38)32(29)37)26-14-12-25(13-15-26)34-17-6-7-18-34/h8-16,19-21,30,36H,5-7,17-18H2,1-4H3/b31-29-. The molecule has 39 heavy (non-hydrogen) atoms. The number of hydrogen-bond acceptors (Lipinski definition) is 5. The number of Topliss-reactive ketones (excluding diaryl/α,β-unsaturated/α-hetero) is 1. The van der Waals surface area contributed by atoms with Gasteiger partial charge in [-0.1, -0.05) is 43.7 Å². The molecule has 6 heteroatoms. The largest absolute Gasteiger partial charge is 0.507 e. The normalized spacial score (nSPS) is 18.8. The predicted molar refractivity (Wildman–Crippen MR) is 156 cm³/mol. The van der Waals surface area contributed by atoms with Gasteiger partial charge in [-0.3, -0.25) is 14.5 Å². The number of ketones is 1. The summed E-state index contributed by atoms with van der Waals surface area (Å²) in [5.74, 6) is -0.628. The van der Waals surface area contributed by atoms with Crippen LogP contribution in [0.25, 0.3) is 5.76 Å². The van der Waals surface area contributed by atoms with Gasteiger partial charge < -0.3 is 14.7 Å². The number of ether oxygens (including phenoxy) is 1. The first-order valence-electron chi connectivity index (χ1n) is 13.8. The Bertz CT molecular complexity index is 1420. The maximum atomic E-state index is 13.6. The van der Waals surface area contributed by atoms with E-state index in [-0.39, 0.29) is 17.3 Å². The zero-order valence-corrected chi connectivity index (χ0v) is 23.1. The van der Waals surface area contributed by atoms with Crippen molar-refractivity contribution in [2.24, 2.45) is 0 Å². The fourth-order valence-electron chi connectivity index (χ4n) is 5.64. The van der Waals surface area contributed by atoms with Gasteiger partial charge in [-0.05, 0) is 86.2 Å². The number of hydrogen-bond donors (Lipinski definition) is 1. The van der Waals surface area contributed by atoms with E-state index in [9.17, 15) is 14.7 Å². The summed E-state index contributed by atoms with van der Waals surface area (Å²) in [6.45, 7) is 10.6. The van der Waals surface area contributed by atoms with Crippen LogP contribution in [-0.2, 0) is 9.59 Å². The molecule has 2 fully saturated rings. The van der Waals surface area contributed by atoms with Gasteiger partial charge in [-0.2, -0.15) is 0 Å². The predicted octanol–water partition coefficient (Wildman–Crippen LogP) is 6.74. The average molecular weight is 525 g/mol. The molecule has 1 N–H and O–H groups in total. The highest BCUT2D eigenvalue weighted by atomic mass is 16.5. The Morgan fingerprint density at radius 2 is 1.67 bits per heavy atom. The summed E-state index contributed by atoms with van der Waals surface area (Å²) in [6, 6.07) is 20.2. The number of carbonyl (C=O) groups excluding carboxylic acids is 2. The van der Waals surface area contributed by atoms with E-state index < -0.39 is 17.7 Å². The smallest absolute Gasteiger partial charge is 0.300 e. The second-order valence-electron chi connectivity index (χ2n) is 10.6. The summed E-state index contributed by atoms with van der Waals surface area (Å²) >= 11 is 0. The minimum atomic E-state index is -0.753. The Balaban J connectivity index is 1.63. The number of aryl methyl sites for hydroxylation is 1. The molecule has 202 valence electrons. The van der Waals surface area contributed by atoms with Crippen LogP contribution in [0.1, 0.15) is 67.8 Å². The maximum Gasteiger partial charge on any atom is 0.300 e. The van der Waals surface area contributed by atoms with Crippen LogP contribution in [-0.4, -0.2) is 36.5 Å². The number of amides is 1. The van der Waals surface area contributed by atoms with Gasteiger partial charge >= 0.3 is 0 Å². The summed E-state index contributed by atoms with van der Waals surface area (Å²) < 4.78 is 5.79. The van der Waals surface area contributed by atoms with E-state index in [2.05, 4.69) is 18.7 Å². The lowest BCUT2D eigenvalue weighted by Crippen LogP contribution is -2.29. The fourth-order valence-corrected chi connectivity index (χ4v) is 5.64. The van der Waals surface area contributed by atoms with Crippen molar-refractivity contribution in [1.29, 1.82) is 0 Å². The third kappa shape index (κ3) is 5.03. The Kier molecular flexibility index (Phi) is 7.47. The molecule has 1 unspecified atom stereocenters. The van der Waals surface area contributed by atoms with Crippen molar-refractivity contribution < 1.29 is 19.4 Å². The molecule has 0 spiro atoms. The third-order valence-electron chi connectivity index (χ3n) is 7.61. The number of benzene rings is 3. The van der Waals surface area contributed by atoms with E-state index in [0.717, 1.165) is 41.2 Å². The molecule has 2 aliphatic heterocycles. The first-order valence-corrected chi connectivity index (χ1v) is 13.8. The molecule has 6 nitrogen and oxygen atoms in total. The van der Waals surface area contributed by atoms with Crippen LogP contribution in [0.4, 0.5) is 11.4 Å². The lowest BCUT2D eigenvalue weighted by Gasteiger charge is -2.26. The van der Waals surface area contributed by atoms with Crippen LogP contribution in [0.2, 0.25) is 0 Å². The second kappa shape index (κ2) is 11.0. The minimum Gasteiger partial charge on any atom is -0.507 e. The summed E-state index contributed by atoms with van der Waals surface area (Å²) in [6.07, 6.45) is 2.35. The Labute approximate surface area is 230 Å². The Morgan fingerprint density at radius 3 is 2.31 bits per heavy atom. The summed E-state index contributed by atoms with van der Waals surface area (Å²) in [7, 11) is 0. The van der Waals surface area contributed by atoms with Crippen molar-refractivity contribution in [3.05, 3.63) is 94.6 Å². The molecular weight excluding hydrogens is 488 g/mol. The zero-order valence-electron chi connectivity index (χ0n) is 23.1. The van der Waals surface area contributed by atoms with Crippen molar-refractivity contribution in [3.8, 4) is 5.75 Å². The van der Waals surface area contributed by atoms with Crippen LogP contribution in [0.5, 0.6) is 5.75 Å². The molecule has 1 atom stereocenters. The number of carbonyl (C=O) groups is 2. The highest BCUT2D eigenvalue weighted by Gasteiger charge is 2.47. The van der Waals surface area contributed by atoms with Crippen LogP contribution in [0, 0.1) is 6.92 Å². The van der Waals surface area contributed by atoms with Gasteiger partial charge in [0.1, 0.15) is 11.5 Å². The van der Waals surface area contributed by atoms with E-state index in [1.807, 2.05) is 74.5 Å². The zero-order chi connectivity index (χ0) is 27.7. The molecule has 2 heterocycles. The van der Waals surface area contributed by atoms with Crippen LogP contribution in [0.3, 0.4) is 0 Å². The van der Waals surface area contributed by atoms with Crippen LogP contribution >= 0.6 is 0 Å². The fraction of sp³-hybridized carbons (Fsp3) is 0.333. The van der Waals surface area contributed by atoms with Crippen LogP contribution in [0.15, 0.2) is 72.3 Å². The first-order chi connectivity index (χ1) is 18.8. The van der Waals surface area contributed by atoms with Gasteiger partial charge in [-0.15, -0.1) is 0 Å². The van der Waals surface area contributed by atoms with Gasteiger partial charge in [0.05, 0.1) is 18.2 Å². The van der Waals surface area contributed by atoms with Gasteiger partial charge in [0.25, 0.3) is 11.7 Å². The molecule has 1 amide bonds. The van der Waals surface area contributed by atoms with E-state index in [1.54, 1.807) is 6.07 Å². The van der Waals surface area contributed by atoms with E-state index >= 15 is 0 Å². The SMILES string of the molecule is CCOc1ccc(/C(O)=C2/C(=O)C(=O)N(c3ccc(N4CCCC4)cc3)C2c2cccc(C)c2)cc1C(C)C. The summed E-state index contributed by atoms with van der Waals surface area (Å²) in [4.78, 5) is 31.0. The number of rotatable bonds is 7. The lowest BCUT2D eigenvalue weighted by atomic mass is 9.92. The average Bonchev–Trinajstić information content (AvgIpc) is 3.56. The maximum absolute atomic E-state index is 13.6. The van der Waals surface area contributed by atoms with E-state index in [4.69, 9.17) is 4.74 Å². The molecule has 2 aliphatic rings. The number of nitrogens with zero attached hydrogens (tertiary/aromatic N) is 2. The van der Waals surface area contributed by atoms with Crippen molar-refractivity contribution >= 4 is 28.8 Å². The topological polar surface area (TPSA) is 70.1 Å². The number of aliphatic hydroxyl groups is 1. The van der Waals surface area contributed by atoms with E-state index in [1.165, 1.54) is 17.7 Å². The number of anilines is 2. The highest BCUT2D eigenvalue weighted by Crippen LogP contribution is 2.43. The third-order valence-corrected chi connectivity index (χ3v) is 7.61. The van der Waals surface area contributed by atoms with Crippen molar-refractivity contribution in [3.63, 3.8) is 0 Å². The van der Waals surface area contributed by atoms with Gasteiger partial charge in [0, 0.05) is 30.0 Å². The highest BCUT2D eigenvalue weighted by molar-refractivity contribution is 6.51. The molecule has 3 aromatic carbocycles. The molecule has 0 bridgehead atoms. The monoisotopic (exact) mass is 524 g/mol. The summed E-state index contributed by atoms with van der Waals surface area (Å²) in [5.41, 5.74) is 5.02.